The molecule has 1 aromatic heterocycles. The number of hydrogen-bond donors (Lipinski definition) is 5. The van der Waals surface area contributed by atoms with Crippen molar-refractivity contribution in [3.63, 3.8) is 0 Å². The summed E-state index contributed by atoms with van der Waals surface area (Å²) < 4.78 is 0. The maximum absolute atomic E-state index is 13.3. The van der Waals surface area contributed by atoms with Crippen molar-refractivity contribution in [3.8, 4) is 0 Å². The standard InChI is InChI=1S/C28H34N4O5/c1-4-17(2)25(32-26(34)23(30-18(3)33)14-19-10-6-5-7-11-19)27(35)31-24(28(36)37)15-20-16-29-22-13-9-8-12-21(20)22/h5-13,16-17,23-25,29H,4,14-15H2,1-3H3,(H,30,33)(H,31,35)(H,32,34)(H,36,37). The summed E-state index contributed by atoms with van der Waals surface area (Å²) in [5.74, 6) is -2.92. The van der Waals surface area contributed by atoms with Gasteiger partial charge in [0.1, 0.15) is 18.1 Å². The molecule has 3 aromatic rings. The quantitative estimate of drug-likeness (QED) is 0.257. The number of rotatable bonds is 12. The van der Waals surface area contributed by atoms with Crippen molar-refractivity contribution in [2.24, 2.45) is 5.92 Å². The van der Waals surface area contributed by atoms with Crippen LogP contribution in [-0.4, -0.2) is 51.9 Å². The van der Waals surface area contributed by atoms with Crippen LogP contribution in [0.2, 0.25) is 0 Å². The number of carbonyl (C=O) groups excluding carboxylic acids is 3. The molecule has 0 aliphatic heterocycles. The molecule has 2 aromatic carbocycles. The number of hydrogen-bond acceptors (Lipinski definition) is 4. The van der Waals surface area contributed by atoms with Gasteiger partial charge in [0.25, 0.3) is 0 Å². The van der Waals surface area contributed by atoms with Crippen LogP contribution in [0.25, 0.3) is 10.9 Å². The number of aromatic amines is 1. The molecule has 9 nitrogen and oxygen atoms in total. The molecular formula is C28H34N4O5. The Bertz CT molecular complexity index is 1240. The van der Waals surface area contributed by atoms with E-state index in [-0.39, 0.29) is 24.7 Å². The van der Waals surface area contributed by atoms with E-state index in [4.69, 9.17) is 0 Å². The van der Waals surface area contributed by atoms with Crippen LogP contribution in [0.1, 0.15) is 38.3 Å². The predicted molar refractivity (Wildman–Crippen MR) is 141 cm³/mol. The largest absolute Gasteiger partial charge is 0.480 e. The maximum Gasteiger partial charge on any atom is 0.326 e. The average Bonchev–Trinajstić information content (AvgIpc) is 3.28. The summed E-state index contributed by atoms with van der Waals surface area (Å²) in [7, 11) is 0. The van der Waals surface area contributed by atoms with Gasteiger partial charge in [-0.2, -0.15) is 0 Å². The third kappa shape index (κ3) is 7.42. The van der Waals surface area contributed by atoms with E-state index in [9.17, 15) is 24.3 Å². The molecule has 4 atom stereocenters. The van der Waals surface area contributed by atoms with Gasteiger partial charge < -0.3 is 26.0 Å². The summed E-state index contributed by atoms with van der Waals surface area (Å²) in [6, 6.07) is 13.7. The first-order valence-corrected chi connectivity index (χ1v) is 12.4. The number of carboxylic acid groups (broad SMARTS) is 1. The monoisotopic (exact) mass is 506 g/mol. The van der Waals surface area contributed by atoms with E-state index in [0.717, 1.165) is 22.0 Å². The summed E-state index contributed by atoms with van der Waals surface area (Å²) >= 11 is 0. The highest BCUT2D eigenvalue weighted by Crippen LogP contribution is 2.19. The van der Waals surface area contributed by atoms with Gasteiger partial charge in [-0.25, -0.2) is 4.79 Å². The van der Waals surface area contributed by atoms with Gasteiger partial charge in [-0.1, -0.05) is 68.8 Å². The Kier molecular flexibility index (Phi) is 9.43. The fourth-order valence-corrected chi connectivity index (χ4v) is 4.24. The van der Waals surface area contributed by atoms with E-state index in [2.05, 4.69) is 20.9 Å². The number of para-hydroxylation sites is 1. The second-order valence-electron chi connectivity index (χ2n) is 9.28. The number of aromatic nitrogens is 1. The normalized spacial score (nSPS) is 14.2. The molecule has 0 fully saturated rings. The third-order valence-electron chi connectivity index (χ3n) is 6.48. The zero-order valence-electron chi connectivity index (χ0n) is 21.3. The SMILES string of the molecule is CCC(C)C(NC(=O)C(Cc1ccccc1)NC(C)=O)C(=O)NC(Cc1c[nH]c2ccccc12)C(=O)O. The van der Waals surface area contributed by atoms with Gasteiger partial charge in [0.05, 0.1) is 0 Å². The molecule has 3 rings (SSSR count). The number of carbonyl (C=O) groups is 4. The first kappa shape index (κ1) is 27.4. The van der Waals surface area contributed by atoms with E-state index in [1.807, 2.05) is 68.4 Å². The maximum atomic E-state index is 13.3. The summed E-state index contributed by atoms with van der Waals surface area (Å²) in [5, 5.41) is 18.8. The van der Waals surface area contributed by atoms with Crippen LogP contribution in [0.4, 0.5) is 0 Å². The number of aliphatic carboxylic acids is 1. The minimum absolute atomic E-state index is 0.0782. The Hall–Kier alpha value is -4.14. The Morgan fingerprint density at radius 2 is 1.54 bits per heavy atom. The van der Waals surface area contributed by atoms with Gasteiger partial charge in [0.2, 0.25) is 17.7 Å². The number of fused-ring (bicyclic) bond motifs is 1. The van der Waals surface area contributed by atoms with Crippen LogP contribution >= 0.6 is 0 Å². The van der Waals surface area contributed by atoms with Gasteiger partial charge in [-0.15, -0.1) is 0 Å². The molecule has 0 radical (unpaired) electrons. The number of nitrogens with one attached hydrogen (secondary N) is 4. The second-order valence-corrected chi connectivity index (χ2v) is 9.28. The lowest BCUT2D eigenvalue weighted by Crippen LogP contribution is -2.58. The molecule has 0 spiro atoms. The Morgan fingerprint density at radius 1 is 0.865 bits per heavy atom. The van der Waals surface area contributed by atoms with Gasteiger partial charge in [-0.3, -0.25) is 14.4 Å². The lowest BCUT2D eigenvalue weighted by molar-refractivity contribution is -0.142. The van der Waals surface area contributed by atoms with Crippen LogP contribution in [0, 0.1) is 5.92 Å². The minimum Gasteiger partial charge on any atom is -0.480 e. The van der Waals surface area contributed by atoms with E-state index >= 15 is 0 Å². The lowest BCUT2D eigenvalue weighted by atomic mass is 9.96. The molecule has 0 aliphatic carbocycles. The van der Waals surface area contributed by atoms with Crippen molar-refractivity contribution < 1.29 is 24.3 Å². The van der Waals surface area contributed by atoms with Crippen molar-refractivity contribution in [2.45, 2.75) is 58.2 Å². The first-order valence-electron chi connectivity index (χ1n) is 12.4. The zero-order valence-corrected chi connectivity index (χ0v) is 21.3. The van der Waals surface area contributed by atoms with E-state index in [1.54, 1.807) is 6.20 Å². The molecule has 0 saturated carbocycles. The molecule has 5 N–H and O–H groups in total. The highest BCUT2D eigenvalue weighted by atomic mass is 16.4. The number of amides is 3. The van der Waals surface area contributed by atoms with Crippen LogP contribution in [0.15, 0.2) is 60.8 Å². The Balaban J connectivity index is 1.76. The summed E-state index contributed by atoms with van der Waals surface area (Å²) in [5.41, 5.74) is 2.49. The fourth-order valence-electron chi connectivity index (χ4n) is 4.24. The number of benzene rings is 2. The number of H-pyrrole nitrogens is 1. The van der Waals surface area contributed by atoms with Gasteiger partial charge in [-0.05, 0) is 23.1 Å². The Morgan fingerprint density at radius 3 is 2.19 bits per heavy atom. The predicted octanol–water partition coefficient (Wildman–Crippen LogP) is 2.56. The van der Waals surface area contributed by atoms with Crippen LogP contribution < -0.4 is 16.0 Å². The van der Waals surface area contributed by atoms with Crippen LogP contribution in [-0.2, 0) is 32.0 Å². The molecule has 9 heteroatoms. The fraction of sp³-hybridized carbons (Fsp3) is 0.357. The van der Waals surface area contributed by atoms with Gasteiger partial charge >= 0.3 is 5.97 Å². The van der Waals surface area contributed by atoms with Crippen LogP contribution in [0.3, 0.4) is 0 Å². The molecule has 0 aliphatic rings. The Labute approximate surface area is 216 Å². The zero-order chi connectivity index (χ0) is 26.9. The third-order valence-corrected chi connectivity index (χ3v) is 6.48. The average molecular weight is 507 g/mol. The van der Waals surface area contributed by atoms with E-state index in [1.165, 1.54) is 6.92 Å². The highest BCUT2D eigenvalue weighted by Gasteiger charge is 2.32. The van der Waals surface area contributed by atoms with E-state index < -0.39 is 35.9 Å². The van der Waals surface area contributed by atoms with Crippen molar-refractivity contribution >= 4 is 34.6 Å². The minimum atomic E-state index is -1.19. The molecule has 3 amide bonds. The van der Waals surface area contributed by atoms with Crippen molar-refractivity contribution in [3.05, 3.63) is 71.9 Å². The molecule has 4 unspecified atom stereocenters. The summed E-state index contributed by atoms with van der Waals surface area (Å²) in [4.78, 5) is 53.5. The molecule has 37 heavy (non-hydrogen) atoms. The molecule has 196 valence electrons. The summed E-state index contributed by atoms with van der Waals surface area (Å²) in [6.45, 7) is 5.02. The van der Waals surface area contributed by atoms with Crippen LogP contribution in [0.5, 0.6) is 0 Å². The molecule has 0 bridgehead atoms. The van der Waals surface area contributed by atoms with Crippen molar-refractivity contribution in [1.82, 2.24) is 20.9 Å². The topological polar surface area (TPSA) is 140 Å². The molecule has 0 saturated heterocycles. The second kappa shape index (κ2) is 12.7. The van der Waals surface area contributed by atoms with Crippen molar-refractivity contribution in [2.75, 3.05) is 0 Å². The van der Waals surface area contributed by atoms with E-state index in [0.29, 0.717) is 6.42 Å². The molecule has 1 heterocycles. The summed E-state index contributed by atoms with van der Waals surface area (Å²) in [6.07, 6.45) is 2.64. The number of carboxylic acids is 1. The highest BCUT2D eigenvalue weighted by molar-refractivity contribution is 5.94. The van der Waals surface area contributed by atoms with Gasteiger partial charge in [0, 0.05) is 36.9 Å². The van der Waals surface area contributed by atoms with Crippen molar-refractivity contribution in [1.29, 1.82) is 0 Å². The first-order chi connectivity index (χ1) is 17.7. The lowest BCUT2D eigenvalue weighted by Gasteiger charge is -2.27. The van der Waals surface area contributed by atoms with Gasteiger partial charge in [0.15, 0.2) is 0 Å². The smallest absolute Gasteiger partial charge is 0.326 e. The molecular weight excluding hydrogens is 472 g/mol.